The van der Waals surface area contributed by atoms with Crippen LogP contribution in [-0.4, -0.2) is 17.4 Å². The number of rotatable bonds is 4. The van der Waals surface area contributed by atoms with E-state index in [0.29, 0.717) is 0 Å². The van der Waals surface area contributed by atoms with E-state index in [4.69, 9.17) is 11.8 Å². The fraction of sp³-hybridized carbons (Fsp3) is 0.118. The summed E-state index contributed by atoms with van der Waals surface area (Å²) in [7, 11) is 0. The third kappa shape index (κ3) is 5.23. The van der Waals surface area contributed by atoms with E-state index in [1.807, 2.05) is 74.5 Å². The van der Waals surface area contributed by atoms with Crippen LogP contribution in [0.5, 0.6) is 0 Å². The molecule has 0 aromatic heterocycles. The minimum atomic E-state index is 0.247. The first-order valence-electron chi connectivity index (χ1n) is 7.11. The molecule has 0 aliphatic rings. The Morgan fingerprint density at radius 2 is 1.13 bits per heavy atom. The molecule has 0 fully saturated rings. The molecule has 2 aromatic rings. The smallest absolute Gasteiger partial charge is 0.245 e. The Morgan fingerprint density at radius 1 is 0.739 bits per heavy atom. The normalized spacial score (nSPS) is 11.8. The third-order valence-electron chi connectivity index (χ3n) is 3.13. The molecule has 0 spiro atoms. The van der Waals surface area contributed by atoms with Crippen molar-refractivity contribution in [2.45, 2.75) is 13.8 Å². The predicted octanol–water partition coefficient (Wildman–Crippen LogP) is 3.52. The van der Waals surface area contributed by atoms with Crippen molar-refractivity contribution in [2.75, 3.05) is 0 Å². The SMILES string of the molecule is C/C(=N\NC(=NCl)N/N=C(\C)c1ccccc1)c1ccccc1. The van der Waals surface area contributed by atoms with Crippen LogP contribution in [0.15, 0.2) is 75.4 Å². The van der Waals surface area contributed by atoms with Crippen molar-refractivity contribution in [3.05, 3.63) is 71.8 Å². The van der Waals surface area contributed by atoms with Gasteiger partial charge in [-0.25, -0.2) is 10.9 Å². The Hall–Kier alpha value is -2.66. The highest BCUT2D eigenvalue weighted by atomic mass is 35.5. The maximum Gasteiger partial charge on any atom is 0.250 e. The fourth-order valence-electron chi connectivity index (χ4n) is 1.82. The van der Waals surface area contributed by atoms with Crippen molar-refractivity contribution in [3.63, 3.8) is 0 Å². The van der Waals surface area contributed by atoms with Crippen LogP contribution in [0.3, 0.4) is 0 Å². The molecule has 2 N–H and O–H groups in total. The molecule has 0 saturated heterocycles. The summed E-state index contributed by atoms with van der Waals surface area (Å²) < 4.78 is 3.57. The molecule has 0 unspecified atom stereocenters. The summed E-state index contributed by atoms with van der Waals surface area (Å²) in [6.45, 7) is 3.79. The van der Waals surface area contributed by atoms with Gasteiger partial charge in [-0.15, -0.1) is 4.51 Å². The van der Waals surface area contributed by atoms with Gasteiger partial charge in [0.05, 0.1) is 11.4 Å². The zero-order valence-electron chi connectivity index (χ0n) is 13.0. The monoisotopic (exact) mass is 327 g/mol. The molecule has 118 valence electrons. The summed E-state index contributed by atoms with van der Waals surface area (Å²) in [4.78, 5) is 0. The van der Waals surface area contributed by atoms with E-state index in [-0.39, 0.29) is 5.96 Å². The first-order chi connectivity index (χ1) is 11.2. The molecule has 0 saturated carbocycles. The van der Waals surface area contributed by atoms with Gasteiger partial charge in [-0.05, 0) is 25.0 Å². The Labute approximate surface area is 140 Å². The molecule has 23 heavy (non-hydrogen) atoms. The van der Waals surface area contributed by atoms with Gasteiger partial charge in [0.15, 0.2) is 0 Å². The number of hydrazone groups is 2. The van der Waals surface area contributed by atoms with Gasteiger partial charge in [0.25, 0.3) is 0 Å². The topological polar surface area (TPSA) is 61.1 Å². The first-order valence-corrected chi connectivity index (χ1v) is 7.45. The van der Waals surface area contributed by atoms with Crippen molar-refractivity contribution in [1.82, 2.24) is 10.9 Å². The van der Waals surface area contributed by atoms with Gasteiger partial charge in [0, 0.05) is 11.8 Å². The molecule has 0 amide bonds. The number of guanidine groups is 1. The second-order valence-corrected chi connectivity index (χ2v) is 4.95. The average Bonchev–Trinajstić information content (AvgIpc) is 2.62. The van der Waals surface area contributed by atoms with Crippen molar-refractivity contribution in [2.24, 2.45) is 14.7 Å². The van der Waals surface area contributed by atoms with Gasteiger partial charge < -0.3 is 0 Å². The second-order valence-electron chi connectivity index (χ2n) is 4.78. The van der Waals surface area contributed by atoms with Crippen molar-refractivity contribution < 1.29 is 0 Å². The lowest BCUT2D eigenvalue weighted by atomic mass is 10.1. The van der Waals surface area contributed by atoms with Crippen LogP contribution in [-0.2, 0) is 0 Å². The number of nitrogens with zero attached hydrogens (tertiary/aromatic N) is 3. The quantitative estimate of drug-likeness (QED) is 0.512. The van der Waals surface area contributed by atoms with Crippen LogP contribution in [0.4, 0.5) is 0 Å². The molecule has 0 aliphatic carbocycles. The number of nitrogens with one attached hydrogen (secondary N) is 2. The molecule has 0 aliphatic heterocycles. The summed E-state index contributed by atoms with van der Waals surface area (Å²) in [5, 5.41) is 8.47. The minimum Gasteiger partial charge on any atom is -0.245 e. The lowest BCUT2D eigenvalue weighted by molar-refractivity contribution is 0.902. The highest BCUT2D eigenvalue weighted by molar-refractivity contribution is 6.19. The van der Waals surface area contributed by atoms with Crippen LogP contribution in [0.1, 0.15) is 25.0 Å². The van der Waals surface area contributed by atoms with Crippen molar-refractivity contribution in [1.29, 1.82) is 0 Å². The zero-order chi connectivity index (χ0) is 16.5. The number of benzene rings is 2. The lowest BCUT2D eigenvalue weighted by Crippen LogP contribution is -2.31. The van der Waals surface area contributed by atoms with Crippen molar-refractivity contribution in [3.8, 4) is 0 Å². The highest BCUT2D eigenvalue weighted by Gasteiger charge is 2.00. The van der Waals surface area contributed by atoms with Gasteiger partial charge in [0.2, 0.25) is 5.96 Å². The summed E-state index contributed by atoms with van der Waals surface area (Å²) in [5.41, 5.74) is 9.18. The Morgan fingerprint density at radius 3 is 1.48 bits per heavy atom. The molecule has 0 radical (unpaired) electrons. The van der Waals surface area contributed by atoms with E-state index in [1.54, 1.807) is 0 Å². The van der Waals surface area contributed by atoms with Crippen LogP contribution >= 0.6 is 11.8 Å². The second kappa shape index (κ2) is 8.70. The Bertz CT molecular complexity index is 649. The predicted molar refractivity (Wildman–Crippen MR) is 96.9 cm³/mol. The largest absolute Gasteiger partial charge is 0.250 e. The Kier molecular flexibility index (Phi) is 6.32. The van der Waals surface area contributed by atoms with Gasteiger partial charge in [0.1, 0.15) is 0 Å². The highest BCUT2D eigenvalue weighted by Crippen LogP contribution is 2.01. The fourth-order valence-corrected chi connectivity index (χ4v) is 1.90. The summed E-state index contributed by atoms with van der Waals surface area (Å²) >= 11 is 5.55. The van der Waals surface area contributed by atoms with Gasteiger partial charge >= 0.3 is 0 Å². The Balaban J connectivity index is 1.99. The zero-order valence-corrected chi connectivity index (χ0v) is 13.7. The first kappa shape index (κ1) is 16.7. The number of halogens is 1. The third-order valence-corrected chi connectivity index (χ3v) is 3.30. The lowest BCUT2D eigenvalue weighted by Gasteiger charge is -2.06. The van der Waals surface area contributed by atoms with Gasteiger partial charge in [-0.1, -0.05) is 60.7 Å². The maximum absolute atomic E-state index is 5.55. The number of hydrogen-bond donors (Lipinski definition) is 2. The number of hydrogen-bond acceptors (Lipinski definition) is 3. The van der Waals surface area contributed by atoms with E-state index >= 15 is 0 Å². The summed E-state index contributed by atoms with van der Waals surface area (Å²) in [5.74, 6) is 0.247. The van der Waals surface area contributed by atoms with E-state index in [9.17, 15) is 0 Å². The molecule has 2 rings (SSSR count). The van der Waals surface area contributed by atoms with Crippen LogP contribution in [0.2, 0.25) is 0 Å². The van der Waals surface area contributed by atoms with Gasteiger partial charge in [-0.2, -0.15) is 10.2 Å². The molecule has 0 bridgehead atoms. The van der Waals surface area contributed by atoms with E-state index < -0.39 is 0 Å². The molecule has 0 atom stereocenters. The molecule has 2 aromatic carbocycles. The standard InChI is InChI=1S/C17H18ClN5/c1-13(15-9-5-3-6-10-15)20-22-17(19-18)23-21-14(2)16-11-7-4-8-12-16/h3-12H,1-2H3,(H2,19,22,23)/b20-13+,21-14+. The molecular formula is C17H18ClN5. The van der Waals surface area contributed by atoms with E-state index in [0.717, 1.165) is 22.6 Å². The van der Waals surface area contributed by atoms with Gasteiger partial charge in [-0.3, -0.25) is 0 Å². The van der Waals surface area contributed by atoms with E-state index in [1.165, 1.54) is 0 Å². The van der Waals surface area contributed by atoms with Crippen LogP contribution in [0.25, 0.3) is 0 Å². The summed E-state index contributed by atoms with van der Waals surface area (Å²) in [6, 6.07) is 19.6. The molecular weight excluding hydrogens is 310 g/mol. The molecule has 6 heteroatoms. The molecule has 5 nitrogen and oxygen atoms in total. The minimum absolute atomic E-state index is 0.247. The van der Waals surface area contributed by atoms with Crippen LogP contribution in [0, 0.1) is 0 Å². The van der Waals surface area contributed by atoms with Crippen molar-refractivity contribution >= 4 is 29.2 Å². The maximum atomic E-state index is 5.55. The average molecular weight is 328 g/mol. The molecule has 0 heterocycles. The van der Waals surface area contributed by atoms with E-state index in [2.05, 4.69) is 25.6 Å². The van der Waals surface area contributed by atoms with Crippen LogP contribution < -0.4 is 10.9 Å². The summed E-state index contributed by atoms with van der Waals surface area (Å²) in [6.07, 6.45) is 0.